The Morgan fingerprint density at radius 2 is 0.712 bits per heavy atom. The summed E-state index contributed by atoms with van der Waals surface area (Å²) in [7, 11) is 0. The van der Waals surface area contributed by atoms with Crippen molar-refractivity contribution in [1.29, 1.82) is 0 Å². The Bertz CT molecular complexity index is 4300. The summed E-state index contributed by atoms with van der Waals surface area (Å²) in [6.45, 7) is 0. The summed E-state index contributed by atoms with van der Waals surface area (Å²) in [4.78, 5) is 2.37. The van der Waals surface area contributed by atoms with Crippen LogP contribution in [0.15, 0.2) is 279 Å². The summed E-state index contributed by atoms with van der Waals surface area (Å²) in [5, 5.41) is 7.66. The smallest absolute Gasteiger partial charge is 0.0541 e. The van der Waals surface area contributed by atoms with Gasteiger partial charge in [0, 0.05) is 53.6 Å². The number of aromatic nitrogens is 1. The molecule has 0 saturated heterocycles. The maximum absolute atomic E-state index is 2.41. The number of hydrogen-bond acceptors (Lipinski definition) is 2. The molecule has 342 valence electrons. The Labute approximate surface area is 428 Å². The van der Waals surface area contributed by atoms with Gasteiger partial charge in [0.15, 0.2) is 0 Å². The molecule has 0 bridgehead atoms. The fourth-order valence-electron chi connectivity index (χ4n) is 11.0. The minimum atomic E-state index is 1.09. The van der Waals surface area contributed by atoms with Gasteiger partial charge in [-0.3, -0.25) is 0 Å². The molecule has 0 unspecified atom stereocenters. The zero-order valence-corrected chi connectivity index (χ0v) is 40.7. The van der Waals surface area contributed by atoms with Gasteiger partial charge in [0.05, 0.1) is 16.7 Å². The van der Waals surface area contributed by atoms with Crippen molar-refractivity contribution >= 4 is 81.1 Å². The van der Waals surface area contributed by atoms with Crippen LogP contribution >= 0.6 is 11.3 Å². The van der Waals surface area contributed by atoms with Crippen LogP contribution < -0.4 is 4.90 Å². The molecule has 0 aliphatic heterocycles. The van der Waals surface area contributed by atoms with E-state index >= 15 is 0 Å². The van der Waals surface area contributed by atoms with Crippen LogP contribution in [0.1, 0.15) is 0 Å². The van der Waals surface area contributed by atoms with E-state index in [0.717, 1.165) is 17.1 Å². The largest absolute Gasteiger partial charge is 0.311 e. The van der Waals surface area contributed by atoms with E-state index in [1.165, 1.54) is 114 Å². The molecule has 0 fully saturated rings. The fraction of sp³-hybridized carbons (Fsp3) is 0. The maximum atomic E-state index is 2.41. The summed E-state index contributed by atoms with van der Waals surface area (Å²) in [5.74, 6) is 0. The van der Waals surface area contributed by atoms with E-state index in [0.29, 0.717) is 0 Å². The van der Waals surface area contributed by atoms with Crippen molar-refractivity contribution in [2.45, 2.75) is 0 Å². The zero-order chi connectivity index (χ0) is 48.2. The van der Waals surface area contributed by atoms with Gasteiger partial charge in [-0.2, -0.15) is 0 Å². The van der Waals surface area contributed by atoms with Crippen molar-refractivity contribution < 1.29 is 0 Å². The molecule has 0 spiro atoms. The molecule has 0 radical (unpaired) electrons. The monoisotopic (exact) mass is 946 g/mol. The predicted molar refractivity (Wildman–Crippen MR) is 313 cm³/mol. The van der Waals surface area contributed by atoms with Gasteiger partial charge in [0.2, 0.25) is 0 Å². The number of benzene rings is 12. The standard InChI is InChI=1S/C70H46N2S/c1-2-14-53-46-56(32-29-47(53)13-1)55-16-11-15-54(45-55)50-35-41-58(42-36-50)71(59-43-37-52(38-44-59)61-21-12-22-65-64-20-6-10-26-69(64)73-70(61)65)57-39-33-49(34-40-57)48-27-30-51(31-28-48)60-17-3-7-23-66(60)72-67-24-8-4-18-62(67)63-19-5-9-25-68(63)72/h1-46H. The van der Waals surface area contributed by atoms with E-state index < -0.39 is 0 Å². The topological polar surface area (TPSA) is 8.17 Å². The number of fused-ring (bicyclic) bond motifs is 7. The van der Waals surface area contributed by atoms with Crippen molar-refractivity contribution in [2.24, 2.45) is 0 Å². The number of anilines is 3. The third kappa shape index (κ3) is 7.58. The van der Waals surface area contributed by atoms with Gasteiger partial charge in [-0.25, -0.2) is 0 Å². The van der Waals surface area contributed by atoms with Gasteiger partial charge in [-0.1, -0.05) is 206 Å². The van der Waals surface area contributed by atoms with Crippen LogP contribution in [0.4, 0.5) is 17.1 Å². The van der Waals surface area contributed by atoms with Gasteiger partial charge < -0.3 is 9.47 Å². The highest BCUT2D eigenvalue weighted by molar-refractivity contribution is 7.26. The first-order chi connectivity index (χ1) is 36.2. The maximum Gasteiger partial charge on any atom is 0.0541 e. The second-order valence-electron chi connectivity index (χ2n) is 18.9. The van der Waals surface area contributed by atoms with E-state index in [-0.39, 0.29) is 0 Å². The Balaban J connectivity index is 0.802. The predicted octanol–water partition coefficient (Wildman–Crippen LogP) is 20.1. The summed E-state index contributed by atoms with van der Waals surface area (Å²) in [6.07, 6.45) is 0. The Morgan fingerprint density at radius 3 is 1.40 bits per heavy atom. The van der Waals surface area contributed by atoms with Gasteiger partial charge in [-0.05, 0) is 134 Å². The molecule has 14 aromatic rings. The average molecular weight is 947 g/mol. The van der Waals surface area contributed by atoms with E-state index in [4.69, 9.17) is 0 Å². The quantitative estimate of drug-likeness (QED) is 0.140. The van der Waals surface area contributed by atoms with Crippen LogP contribution in [0.2, 0.25) is 0 Å². The summed E-state index contributed by atoms with van der Waals surface area (Å²) in [6, 6.07) is 102. The zero-order valence-electron chi connectivity index (χ0n) is 39.9. The lowest BCUT2D eigenvalue weighted by Crippen LogP contribution is -2.09. The normalized spacial score (nSPS) is 11.6. The molecular formula is C70H46N2S. The first kappa shape index (κ1) is 42.6. The molecule has 2 heterocycles. The Kier molecular flexibility index (Phi) is 10.4. The molecule has 3 heteroatoms. The number of hydrogen-bond donors (Lipinski definition) is 0. The van der Waals surface area contributed by atoms with Crippen LogP contribution in [-0.2, 0) is 0 Å². The minimum Gasteiger partial charge on any atom is -0.311 e. The SMILES string of the molecule is c1cc(-c2ccc(N(c3ccc(-c4ccc(-c5ccccc5-n5c6ccccc6c6ccccc65)cc4)cc3)c3ccc(-c4cccc5c4sc4ccccc45)cc3)cc2)cc(-c2ccc3ccccc3c2)c1. The van der Waals surface area contributed by atoms with Gasteiger partial charge >= 0.3 is 0 Å². The molecule has 12 aromatic carbocycles. The van der Waals surface area contributed by atoms with Crippen molar-refractivity contribution in [3.8, 4) is 61.3 Å². The molecule has 0 aliphatic carbocycles. The molecule has 2 aromatic heterocycles. The van der Waals surface area contributed by atoms with E-state index in [2.05, 4.69) is 289 Å². The van der Waals surface area contributed by atoms with E-state index in [1.807, 2.05) is 11.3 Å². The number of rotatable bonds is 9. The lowest BCUT2D eigenvalue weighted by molar-refractivity contribution is 1.18. The second-order valence-corrected chi connectivity index (χ2v) is 19.9. The molecule has 73 heavy (non-hydrogen) atoms. The molecule has 0 N–H and O–H groups in total. The molecule has 0 saturated carbocycles. The molecule has 0 amide bonds. The van der Waals surface area contributed by atoms with Gasteiger partial charge in [0.25, 0.3) is 0 Å². The lowest BCUT2D eigenvalue weighted by atomic mass is 9.97. The lowest BCUT2D eigenvalue weighted by Gasteiger charge is -2.26. The first-order valence-corrected chi connectivity index (χ1v) is 25.8. The number of nitrogens with zero attached hydrogens (tertiary/aromatic N) is 2. The third-order valence-electron chi connectivity index (χ3n) is 14.6. The van der Waals surface area contributed by atoms with E-state index in [1.54, 1.807) is 0 Å². The summed E-state index contributed by atoms with van der Waals surface area (Å²) in [5.41, 5.74) is 18.8. The first-order valence-electron chi connectivity index (χ1n) is 25.0. The van der Waals surface area contributed by atoms with Gasteiger partial charge in [0.1, 0.15) is 0 Å². The number of para-hydroxylation sites is 3. The van der Waals surface area contributed by atoms with E-state index in [9.17, 15) is 0 Å². The summed E-state index contributed by atoms with van der Waals surface area (Å²) >= 11 is 1.87. The molecule has 0 atom stereocenters. The highest BCUT2D eigenvalue weighted by atomic mass is 32.1. The number of thiophene rings is 1. The second kappa shape index (κ2) is 17.8. The molecule has 14 rings (SSSR count). The minimum absolute atomic E-state index is 1.09. The molecule has 0 aliphatic rings. The average Bonchev–Trinajstić information content (AvgIpc) is 4.02. The van der Waals surface area contributed by atoms with Crippen LogP contribution in [0.5, 0.6) is 0 Å². The highest BCUT2D eigenvalue weighted by Gasteiger charge is 2.18. The highest BCUT2D eigenvalue weighted by Crippen LogP contribution is 2.43. The van der Waals surface area contributed by atoms with Crippen molar-refractivity contribution in [3.63, 3.8) is 0 Å². The third-order valence-corrected chi connectivity index (χ3v) is 15.8. The summed E-state index contributed by atoms with van der Waals surface area (Å²) < 4.78 is 5.05. The van der Waals surface area contributed by atoms with Gasteiger partial charge in [-0.15, -0.1) is 11.3 Å². The van der Waals surface area contributed by atoms with Crippen molar-refractivity contribution in [3.05, 3.63) is 279 Å². The fourth-order valence-corrected chi connectivity index (χ4v) is 12.2. The van der Waals surface area contributed by atoms with Crippen molar-refractivity contribution in [2.75, 3.05) is 4.90 Å². The molecular weight excluding hydrogens is 901 g/mol. The van der Waals surface area contributed by atoms with Crippen LogP contribution in [0, 0.1) is 0 Å². The Hall–Kier alpha value is -9.28. The molecule has 2 nitrogen and oxygen atoms in total. The van der Waals surface area contributed by atoms with Crippen molar-refractivity contribution in [1.82, 2.24) is 4.57 Å². The van der Waals surface area contributed by atoms with Crippen LogP contribution in [-0.4, -0.2) is 4.57 Å². The van der Waals surface area contributed by atoms with Crippen LogP contribution in [0.25, 0.3) is 114 Å². The Morgan fingerprint density at radius 1 is 0.274 bits per heavy atom. The van der Waals surface area contributed by atoms with Crippen LogP contribution in [0.3, 0.4) is 0 Å².